The van der Waals surface area contributed by atoms with Crippen LogP contribution in [0.5, 0.6) is 0 Å². The van der Waals surface area contributed by atoms with Crippen molar-refractivity contribution in [3.05, 3.63) is 12.7 Å². The minimum absolute atomic E-state index is 0.102. The van der Waals surface area contributed by atoms with E-state index >= 15 is 0 Å². The second-order valence-electron chi connectivity index (χ2n) is 5.02. The van der Waals surface area contributed by atoms with Gasteiger partial charge in [-0.05, 0) is 6.42 Å². The maximum atomic E-state index is 11.6. The Balaban J connectivity index is 4.43. The molecule has 7 nitrogen and oxygen atoms in total. The Hall–Kier alpha value is -0.880. The number of hydrogen-bond acceptors (Lipinski definition) is 5. The number of quaternary nitrogens is 1. The molecule has 2 unspecified atom stereocenters. The normalized spacial score (nSPS) is 16.3. The topological polar surface area (TPSA) is 82.1 Å². The number of phosphoric ester groups is 1. The van der Waals surface area contributed by atoms with Crippen molar-refractivity contribution < 1.29 is 32.5 Å². The number of rotatable bonds is 8. The van der Waals surface area contributed by atoms with Crippen LogP contribution in [0.1, 0.15) is 13.3 Å². The number of nitrogens with zero attached hydrogens (tertiary/aromatic N) is 1. The second kappa shape index (κ2) is 7.65. The van der Waals surface area contributed by atoms with Gasteiger partial charge in [-0.15, -0.1) is 0 Å². The molecular weight excluding hydrogens is 273 g/mol. The van der Waals surface area contributed by atoms with Gasteiger partial charge in [-0.3, -0.25) is 9.42 Å². The highest BCUT2D eigenvalue weighted by Crippen LogP contribution is 2.45. The first kappa shape index (κ1) is 18.1. The van der Waals surface area contributed by atoms with Crippen molar-refractivity contribution in [2.45, 2.75) is 19.4 Å². The Kier molecular flexibility index (Phi) is 7.29. The van der Waals surface area contributed by atoms with Crippen LogP contribution < -0.4 is 0 Å². The first-order valence-electron chi connectivity index (χ1n) is 5.88. The molecule has 0 radical (unpaired) electrons. The zero-order valence-corrected chi connectivity index (χ0v) is 12.8. The summed E-state index contributed by atoms with van der Waals surface area (Å²) in [5.41, 5.74) is 0. The standard InChI is InChI=1S/C11H22NO6P/c1-6-8-16-11(13)18-19(14,15)17-10(7-2)9-12(3,4)5/h6,10H,1,7-9H2,2-5H3/p+1. The van der Waals surface area contributed by atoms with Crippen LogP contribution in [0.4, 0.5) is 4.79 Å². The van der Waals surface area contributed by atoms with Crippen molar-refractivity contribution in [3.8, 4) is 0 Å². The summed E-state index contributed by atoms with van der Waals surface area (Å²) in [5, 5.41) is 0. The van der Waals surface area contributed by atoms with Crippen molar-refractivity contribution in [3.63, 3.8) is 0 Å². The maximum absolute atomic E-state index is 11.6. The Morgan fingerprint density at radius 2 is 2.05 bits per heavy atom. The number of hydrogen-bond donors (Lipinski definition) is 1. The summed E-state index contributed by atoms with van der Waals surface area (Å²) >= 11 is 0. The van der Waals surface area contributed by atoms with Gasteiger partial charge < -0.3 is 13.7 Å². The largest absolute Gasteiger partial charge is 0.532 e. The fourth-order valence-electron chi connectivity index (χ4n) is 1.31. The molecule has 0 aromatic heterocycles. The van der Waals surface area contributed by atoms with E-state index < -0.39 is 20.1 Å². The van der Waals surface area contributed by atoms with E-state index in [0.29, 0.717) is 17.4 Å². The molecule has 0 aromatic carbocycles. The van der Waals surface area contributed by atoms with E-state index in [1.165, 1.54) is 6.08 Å². The van der Waals surface area contributed by atoms with Gasteiger partial charge in [0.1, 0.15) is 19.3 Å². The molecule has 19 heavy (non-hydrogen) atoms. The monoisotopic (exact) mass is 296 g/mol. The van der Waals surface area contributed by atoms with E-state index in [0.717, 1.165) is 0 Å². The smallest absolute Gasteiger partial charge is 0.430 e. The number of phosphoric acid groups is 1. The SMILES string of the molecule is C=CCOC(=O)OP(=O)(O)OC(CC)C[N+](C)(C)C. The lowest BCUT2D eigenvalue weighted by Gasteiger charge is -2.29. The Morgan fingerprint density at radius 3 is 2.47 bits per heavy atom. The molecule has 0 fully saturated rings. The number of carbonyl (C=O) groups is 1. The summed E-state index contributed by atoms with van der Waals surface area (Å²) in [6, 6.07) is 0. The lowest BCUT2D eigenvalue weighted by atomic mass is 10.2. The van der Waals surface area contributed by atoms with Crippen molar-refractivity contribution >= 4 is 14.0 Å². The van der Waals surface area contributed by atoms with E-state index in [9.17, 15) is 14.3 Å². The highest BCUT2D eigenvalue weighted by atomic mass is 31.2. The predicted octanol–water partition coefficient (Wildman–Crippen LogP) is 1.93. The van der Waals surface area contributed by atoms with Crippen LogP contribution in [0.3, 0.4) is 0 Å². The Morgan fingerprint density at radius 1 is 1.47 bits per heavy atom. The fourth-order valence-corrected chi connectivity index (χ4v) is 2.18. The first-order valence-corrected chi connectivity index (χ1v) is 7.38. The van der Waals surface area contributed by atoms with Crippen molar-refractivity contribution in [2.24, 2.45) is 0 Å². The molecule has 8 heteroatoms. The molecule has 0 rings (SSSR count). The molecule has 0 aliphatic heterocycles. The van der Waals surface area contributed by atoms with Crippen LogP contribution in [-0.4, -0.2) is 55.9 Å². The third kappa shape index (κ3) is 9.67. The van der Waals surface area contributed by atoms with Crippen LogP contribution in [0.15, 0.2) is 12.7 Å². The van der Waals surface area contributed by atoms with Crippen molar-refractivity contribution in [1.29, 1.82) is 0 Å². The quantitative estimate of drug-likeness (QED) is 0.319. The highest BCUT2D eigenvalue weighted by Gasteiger charge is 2.32. The minimum Gasteiger partial charge on any atom is -0.430 e. The summed E-state index contributed by atoms with van der Waals surface area (Å²) in [5.74, 6) is 0. The average Bonchev–Trinajstić information content (AvgIpc) is 2.22. The van der Waals surface area contributed by atoms with Crippen LogP contribution in [0.2, 0.25) is 0 Å². The van der Waals surface area contributed by atoms with Gasteiger partial charge in [-0.1, -0.05) is 19.6 Å². The summed E-state index contributed by atoms with van der Waals surface area (Å²) in [6.07, 6.45) is 0.0791. The highest BCUT2D eigenvalue weighted by molar-refractivity contribution is 7.48. The third-order valence-electron chi connectivity index (χ3n) is 2.00. The van der Waals surface area contributed by atoms with Gasteiger partial charge in [0.15, 0.2) is 0 Å². The molecular formula is C11H23NO6P+. The van der Waals surface area contributed by atoms with Gasteiger partial charge in [0.05, 0.1) is 21.1 Å². The third-order valence-corrected chi connectivity index (χ3v) is 2.94. The lowest BCUT2D eigenvalue weighted by molar-refractivity contribution is -0.873. The first-order chi connectivity index (χ1) is 8.59. The van der Waals surface area contributed by atoms with E-state index in [2.05, 4.69) is 15.8 Å². The zero-order chi connectivity index (χ0) is 15.1. The van der Waals surface area contributed by atoms with Crippen molar-refractivity contribution in [1.82, 2.24) is 0 Å². The van der Waals surface area contributed by atoms with E-state index in [1.54, 1.807) is 0 Å². The molecule has 0 heterocycles. The fraction of sp³-hybridized carbons (Fsp3) is 0.727. The molecule has 0 amide bonds. The maximum Gasteiger partial charge on any atom is 0.532 e. The van der Waals surface area contributed by atoms with Gasteiger partial charge in [0, 0.05) is 0 Å². The molecule has 2 atom stereocenters. The second-order valence-corrected chi connectivity index (χ2v) is 6.35. The Bertz CT molecular complexity index is 352. The summed E-state index contributed by atoms with van der Waals surface area (Å²) in [4.78, 5) is 20.5. The molecule has 112 valence electrons. The van der Waals surface area contributed by atoms with Crippen LogP contribution in [0, 0.1) is 0 Å². The van der Waals surface area contributed by atoms with Crippen molar-refractivity contribution in [2.75, 3.05) is 34.3 Å². The molecule has 0 aromatic rings. The van der Waals surface area contributed by atoms with E-state index in [4.69, 9.17) is 4.52 Å². The molecule has 0 bridgehead atoms. The number of likely N-dealkylation sites (N-methyl/N-ethyl adjacent to an activating group) is 1. The van der Waals surface area contributed by atoms with Crippen LogP contribution >= 0.6 is 7.82 Å². The van der Waals surface area contributed by atoms with Crippen LogP contribution in [-0.2, 0) is 18.3 Å². The lowest BCUT2D eigenvalue weighted by Crippen LogP contribution is -2.42. The molecule has 0 spiro atoms. The van der Waals surface area contributed by atoms with Gasteiger partial charge in [0.2, 0.25) is 0 Å². The molecule has 0 aliphatic carbocycles. The van der Waals surface area contributed by atoms with Gasteiger partial charge >= 0.3 is 14.0 Å². The summed E-state index contributed by atoms with van der Waals surface area (Å²) in [7, 11) is 1.31. The molecule has 1 N–H and O–H groups in total. The minimum atomic E-state index is -4.47. The Labute approximate surface area is 114 Å². The van der Waals surface area contributed by atoms with E-state index in [1.807, 2.05) is 28.1 Å². The molecule has 0 saturated heterocycles. The van der Waals surface area contributed by atoms with Gasteiger partial charge in [-0.2, -0.15) is 0 Å². The number of carbonyl (C=O) groups excluding carboxylic acids is 1. The molecule has 0 saturated carbocycles. The average molecular weight is 296 g/mol. The van der Waals surface area contributed by atoms with E-state index in [-0.39, 0.29) is 6.61 Å². The van der Waals surface area contributed by atoms with Gasteiger partial charge in [0.25, 0.3) is 0 Å². The predicted molar refractivity (Wildman–Crippen MR) is 70.5 cm³/mol. The van der Waals surface area contributed by atoms with Gasteiger partial charge in [-0.25, -0.2) is 9.36 Å². The summed E-state index contributed by atoms with van der Waals surface area (Å²) < 4.78 is 25.8. The number of ether oxygens (including phenoxy) is 1. The summed E-state index contributed by atoms with van der Waals surface area (Å²) in [6.45, 7) is 5.55. The van der Waals surface area contributed by atoms with Crippen LogP contribution in [0.25, 0.3) is 0 Å². The molecule has 0 aliphatic rings. The zero-order valence-electron chi connectivity index (χ0n) is 11.9.